The van der Waals surface area contributed by atoms with Crippen LogP contribution in [0.2, 0.25) is 0 Å². The molecule has 0 saturated carbocycles. The molecule has 5 heteroatoms. The third kappa shape index (κ3) is 5.93. The van der Waals surface area contributed by atoms with E-state index in [2.05, 4.69) is 19.6 Å². The molecule has 0 aliphatic heterocycles. The number of rotatable bonds is 6. The molecule has 1 N–H and O–H groups in total. The van der Waals surface area contributed by atoms with Gasteiger partial charge in [-0.05, 0) is 0 Å². The molecule has 0 bridgehead atoms. The van der Waals surface area contributed by atoms with Crippen molar-refractivity contribution in [1.29, 1.82) is 0 Å². The Morgan fingerprint density at radius 3 is 1.80 bits per heavy atom. The minimum absolute atomic E-state index is 0.0693. The van der Waals surface area contributed by atoms with Crippen molar-refractivity contribution in [2.45, 2.75) is 6.10 Å². The highest BCUT2D eigenvalue weighted by molar-refractivity contribution is 4.46. The molecule has 0 amide bonds. The van der Waals surface area contributed by atoms with Crippen LogP contribution in [0, 0.1) is 0 Å². The van der Waals surface area contributed by atoms with Crippen molar-refractivity contribution in [2.24, 2.45) is 0 Å². The molecule has 0 atom stereocenters. The van der Waals surface area contributed by atoms with E-state index in [-0.39, 0.29) is 13.2 Å². The summed E-state index contributed by atoms with van der Waals surface area (Å²) in [6.07, 6.45) is -0.722. The summed E-state index contributed by atoms with van der Waals surface area (Å²) in [6, 6.07) is 0. The lowest BCUT2D eigenvalue weighted by Crippen LogP contribution is -2.21. The summed E-state index contributed by atoms with van der Waals surface area (Å²) in [6.45, 7) is 0.139. The second-order valence-electron chi connectivity index (χ2n) is 1.56. The van der Waals surface area contributed by atoms with E-state index in [0.29, 0.717) is 0 Å². The van der Waals surface area contributed by atoms with Crippen LogP contribution in [0.25, 0.3) is 0 Å². The standard InChI is InChI=1S/C5H12O5/c1-7-9-3-5(6)4-10-8-2/h5-6H,3-4H2,1-2H3. The molecular formula is C5H12O5. The zero-order chi connectivity index (χ0) is 7.82. The van der Waals surface area contributed by atoms with Gasteiger partial charge in [-0.2, -0.15) is 0 Å². The molecule has 0 aromatic heterocycles. The Hall–Kier alpha value is -0.200. The van der Waals surface area contributed by atoms with Crippen LogP contribution in [0.4, 0.5) is 0 Å². The van der Waals surface area contributed by atoms with Crippen molar-refractivity contribution in [1.82, 2.24) is 0 Å². The second kappa shape index (κ2) is 6.91. The molecule has 0 unspecified atom stereocenters. The van der Waals surface area contributed by atoms with Gasteiger partial charge in [0.05, 0.1) is 14.2 Å². The van der Waals surface area contributed by atoms with E-state index in [1.807, 2.05) is 0 Å². The maximum absolute atomic E-state index is 8.90. The van der Waals surface area contributed by atoms with Gasteiger partial charge in [-0.1, -0.05) is 0 Å². The summed E-state index contributed by atoms with van der Waals surface area (Å²) in [7, 11) is 2.73. The smallest absolute Gasteiger partial charge is 0.110 e. The second-order valence-corrected chi connectivity index (χ2v) is 1.56. The van der Waals surface area contributed by atoms with Gasteiger partial charge in [-0.25, -0.2) is 19.6 Å². The number of hydrogen-bond donors (Lipinski definition) is 1. The van der Waals surface area contributed by atoms with Gasteiger partial charge < -0.3 is 5.11 Å². The minimum atomic E-state index is -0.722. The maximum Gasteiger partial charge on any atom is 0.110 e. The van der Waals surface area contributed by atoms with E-state index in [4.69, 9.17) is 5.11 Å². The molecule has 0 aliphatic rings. The van der Waals surface area contributed by atoms with E-state index in [1.165, 1.54) is 14.2 Å². The maximum atomic E-state index is 8.90. The minimum Gasteiger partial charge on any atom is -0.388 e. The fraction of sp³-hybridized carbons (Fsp3) is 1.00. The first-order valence-corrected chi connectivity index (χ1v) is 2.80. The zero-order valence-electron chi connectivity index (χ0n) is 6.07. The monoisotopic (exact) mass is 152 g/mol. The van der Waals surface area contributed by atoms with Crippen LogP contribution in [0.1, 0.15) is 0 Å². The van der Waals surface area contributed by atoms with Crippen LogP contribution < -0.4 is 0 Å². The molecule has 0 spiro atoms. The Morgan fingerprint density at radius 2 is 1.50 bits per heavy atom. The predicted molar refractivity (Wildman–Crippen MR) is 31.9 cm³/mol. The topological polar surface area (TPSA) is 57.2 Å². The summed E-state index contributed by atoms with van der Waals surface area (Å²) in [5.74, 6) is 0. The van der Waals surface area contributed by atoms with E-state index in [0.717, 1.165) is 0 Å². The SMILES string of the molecule is COOCC(O)COOC. The lowest BCUT2D eigenvalue weighted by Gasteiger charge is -2.07. The van der Waals surface area contributed by atoms with Crippen LogP contribution >= 0.6 is 0 Å². The van der Waals surface area contributed by atoms with Crippen LogP contribution in [-0.2, 0) is 19.6 Å². The van der Waals surface area contributed by atoms with E-state index < -0.39 is 6.10 Å². The van der Waals surface area contributed by atoms with Gasteiger partial charge in [-0.3, -0.25) is 0 Å². The number of hydrogen-bond acceptors (Lipinski definition) is 5. The van der Waals surface area contributed by atoms with Gasteiger partial charge in [0.2, 0.25) is 0 Å². The van der Waals surface area contributed by atoms with Crippen molar-refractivity contribution in [3.63, 3.8) is 0 Å². The fourth-order valence-corrected chi connectivity index (χ4v) is 0.341. The van der Waals surface area contributed by atoms with Crippen molar-refractivity contribution in [3.05, 3.63) is 0 Å². The molecule has 0 radical (unpaired) electrons. The first-order chi connectivity index (χ1) is 4.81. The van der Waals surface area contributed by atoms with E-state index in [1.54, 1.807) is 0 Å². The van der Waals surface area contributed by atoms with Gasteiger partial charge in [0.1, 0.15) is 19.3 Å². The van der Waals surface area contributed by atoms with Gasteiger partial charge in [0, 0.05) is 0 Å². The molecule has 0 rings (SSSR count). The molecule has 10 heavy (non-hydrogen) atoms. The predicted octanol–water partition coefficient (Wildman–Crippen LogP) is -0.497. The van der Waals surface area contributed by atoms with Gasteiger partial charge in [0.25, 0.3) is 0 Å². The molecule has 0 saturated heterocycles. The summed E-state index contributed by atoms with van der Waals surface area (Å²) in [5, 5.41) is 8.90. The highest BCUT2D eigenvalue weighted by atomic mass is 17.2. The highest BCUT2D eigenvalue weighted by Crippen LogP contribution is 1.86. The summed E-state index contributed by atoms with van der Waals surface area (Å²) < 4.78 is 0. The molecule has 0 heterocycles. The van der Waals surface area contributed by atoms with Crippen LogP contribution in [0.5, 0.6) is 0 Å². The lowest BCUT2D eigenvalue weighted by molar-refractivity contribution is -0.313. The highest BCUT2D eigenvalue weighted by Gasteiger charge is 2.03. The van der Waals surface area contributed by atoms with E-state index >= 15 is 0 Å². The molecule has 62 valence electrons. The Balaban J connectivity index is 3.00. The first-order valence-electron chi connectivity index (χ1n) is 2.80. The Kier molecular flexibility index (Phi) is 6.78. The first kappa shape index (κ1) is 9.80. The Bertz CT molecular complexity index is 59.1. The summed E-state index contributed by atoms with van der Waals surface area (Å²) in [5.41, 5.74) is 0. The third-order valence-corrected chi connectivity index (χ3v) is 0.757. The van der Waals surface area contributed by atoms with Crippen molar-refractivity contribution >= 4 is 0 Å². The molecule has 0 aliphatic carbocycles. The van der Waals surface area contributed by atoms with Crippen LogP contribution in [0.15, 0.2) is 0 Å². The van der Waals surface area contributed by atoms with Crippen LogP contribution in [0.3, 0.4) is 0 Å². The van der Waals surface area contributed by atoms with Crippen LogP contribution in [-0.4, -0.2) is 38.6 Å². The average molecular weight is 152 g/mol. The molecular weight excluding hydrogens is 140 g/mol. The lowest BCUT2D eigenvalue weighted by atomic mass is 10.4. The largest absolute Gasteiger partial charge is 0.388 e. The molecule has 0 aromatic carbocycles. The third-order valence-electron chi connectivity index (χ3n) is 0.757. The molecule has 0 aromatic rings. The normalized spacial score (nSPS) is 10.8. The zero-order valence-corrected chi connectivity index (χ0v) is 6.07. The van der Waals surface area contributed by atoms with Gasteiger partial charge in [-0.15, -0.1) is 0 Å². The molecule has 5 nitrogen and oxygen atoms in total. The Labute approximate surface area is 59.3 Å². The summed E-state index contributed by atoms with van der Waals surface area (Å²) in [4.78, 5) is 17.3. The van der Waals surface area contributed by atoms with Gasteiger partial charge in [0.15, 0.2) is 0 Å². The molecule has 0 fully saturated rings. The Morgan fingerprint density at radius 1 is 1.10 bits per heavy atom. The number of aliphatic hydroxyl groups is 1. The van der Waals surface area contributed by atoms with Crippen molar-refractivity contribution in [2.75, 3.05) is 27.4 Å². The summed E-state index contributed by atoms with van der Waals surface area (Å²) >= 11 is 0. The average Bonchev–Trinajstić information content (AvgIpc) is 1.97. The van der Waals surface area contributed by atoms with E-state index in [9.17, 15) is 0 Å². The number of aliphatic hydroxyl groups excluding tert-OH is 1. The quantitative estimate of drug-likeness (QED) is 0.411. The van der Waals surface area contributed by atoms with Gasteiger partial charge >= 0.3 is 0 Å². The fourth-order valence-electron chi connectivity index (χ4n) is 0.341. The van der Waals surface area contributed by atoms with Crippen molar-refractivity contribution in [3.8, 4) is 0 Å². The van der Waals surface area contributed by atoms with Crippen molar-refractivity contribution < 1.29 is 24.7 Å².